The Morgan fingerprint density at radius 3 is 2.52 bits per heavy atom. The van der Waals surface area contributed by atoms with E-state index in [0.29, 0.717) is 5.95 Å². The Balaban J connectivity index is 1.34. The van der Waals surface area contributed by atoms with Gasteiger partial charge in [-0.15, -0.1) is 0 Å². The Morgan fingerprint density at radius 1 is 0.909 bits per heavy atom. The van der Waals surface area contributed by atoms with Crippen LogP contribution in [-0.2, 0) is 6.42 Å². The smallest absolute Gasteiger partial charge is 0.226 e. The van der Waals surface area contributed by atoms with Gasteiger partial charge in [-0.05, 0) is 69.4 Å². The van der Waals surface area contributed by atoms with Crippen molar-refractivity contribution in [3.63, 3.8) is 0 Å². The molecule has 1 aliphatic heterocycles. The van der Waals surface area contributed by atoms with Crippen LogP contribution in [0.2, 0.25) is 0 Å². The van der Waals surface area contributed by atoms with Crippen molar-refractivity contribution in [1.82, 2.24) is 15.0 Å². The Morgan fingerprint density at radius 2 is 1.70 bits per heavy atom. The predicted molar refractivity (Wildman–Crippen MR) is 138 cm³/mol. The summed E-state index contributed by atoms with van der Waals surface area (Å²) >= 11 is 0. The van der Waals surface area contributed by atoms with E-state index in [9.17, 15) is 0 Å². The fourth-order valence-corrected chi connectivity index (χ4v) is 4.46. The SMILES string of the molecule is Cc1ccc(Nc2cc(N3CCCCC3)nc(NCCc3c[nH]c4ccc(C)cc34)n2)cc1. The molecule has 0 spiro atoms. The molecule has 0 amide bonds. The van der Waals surface area contributed by atoms with Gasteiger partial charge < -0.3 is 20.5 Å². The van der Waals surface area contributed by atoms with Gasteiger partial charge in [0, 0.05) is 48.5 Å². The van der Waals surface area contributed by atoms with Crippen molar-refractivity contribution in [2.75, 3.05) is 35.2 Å². The molecule has 4 aromatic rings. The molecule has 0 atom stereocenters. The maximum Gasteiger partial charge on any atom is 0.226 e. The van der Waals surface area contributed by atoms with Crippen LogP contribution < -0.4 is 15.5 Å². The summed E-state index contributed by atoms with van der Waals surface area (Å²) in [4.78, 5) is 15.4. The van der Waals surface area contributed by atoms with Crippen molar-refractivity contribution < 1.29 is 0 Å². The largest absolute Gasteiger partial charge is 0.361 e. The van der Waals surface area contributed by atoms with E-state index in [1.807, 2.05) is 0 Å². The minimum atomic E-state index is 0.670. The van der Waals surface area contributed by atoms with Gasteiger partial charge in [0.25, 0.3) is 0 Å². The summed E-state index contributed by atoms with van der Waals surface area (Å²) in [6.45, 7) is 7.11. The third kappa shape index (κ3) is 5.11. The molecule has 0 radical (unpaired) electrons. The van der Waals surface area contributed by atoms with E-state index in [1.165, 1.54) is 46.9 Å². The Labute approximate surface area is 195 Å². The second-order valence-corrected chi connectivity index (χ2v) is 9.01. The Kier molecular flexibility index (Phi) is 6.15. The zero-order chi connectivity index (χ0) is 22.6. The van der Waals surface area contributed by atoms with E-state index >= 15 is 0 Å². The highest BCUT2D eigenvalue weighted by Gasteiger charge is 2.15. The van der Waals surface area contributed by atoms with E-state index in [-0.39, 0.29) is 0 Å². The van der Waals surface area contributed by atoms with E-state index < -0.39 is 0 Å². The molecule has 1 saturated heterocycles. The molecule has 3 N–H and O–H groups in total. The number of aromatic amines is 1. The number of nitrogens with one attached hydrogen (secondary N) is 3. The van der Waals surface area contributed by atoms with Gasteiger partial charge in [-0.2, -0.15) is 9.97 Å². The van der Waals surface area contributed by atoms with Crippen LogP contribution in [0.4, 0.5) is 23.3 Å². The van der Waals surface area contributed by atoms with Gasteiger partial charge in [-0.25, -0.2) is 0 Å². The molecular weight excluding hydrogens is 408 g/mol. The maximum absolute atomic E-state index is 4.86. The minimum absolute atomic E-state index is 0.670. The highest BCUT2D eigenvalue weighted by Crippen LogP contribution is 2.25. The highest BCUT2D eigenvalue weighted by atomic mass is 15.2. The Bertz CT molecular complexity index is 1220. The van der Waals surface area contributed by atoms with Crippen molar-refractivity contribution in [3.8, 4) is 0 Å². The fourth-order valence-electron chi connectivity index (χ4n) is 4.46. The van der Waals surface area contributed by atoms with Crippen LogP contribution in [0.15, 0.2) is 54.7 Å². The predicted octanol–water partition coefficient (Wildman–Crippen LogP) is 5.96. The summed E-state index contributed by atoms with van der Waals surface area (Å²) in [7, 11) is 0. The van der Waals surface area contributed by atoms with Crippen LogP contribution >= 0.6 is 0 Å². The number of aromatic nitrogens is 3. The van der Waals surface area contributed by atoms with Gasteiger partial charge in [-0.3, -0.25) is 0 Å². The van der Waals surface area contributed by atoms with Gasteiger partial charge in [0.05, 0.1) is 0 Å². The van der Waals surface area contributed by atoms with Gasteiger partial charge >= 0.3 is 0 Å². The number of nitrogens with zero attached hydrogens (tertiary/aromatic N) is 3. The lowest BCUT2D eigenvalue weighted by Gasteiger charge is -2.28. The maximum atomic E-state index is 4.86. The molecule has 0 unspecified atom stereocenters. The highest BCUT2D eigenvalue weighted by molar-refractivity contribution is 5.83. The summed E-state index contributed by atoms with van der Waals surface area (Å²) in [6.07, 6.45) is 6.74. The molecular formula is C27H32N6. The van der Waals surface area contributed by atoms with Gasteiger partial charge in [0.15, 0.2) is 0 Å². The van der Waals surface area contributed by atoms with E-state index in [4.69, 9.17) is 9.97 Å². The lowest BCUT2D eigenvalue weighted by atomic mass is 10.1. The number of anilines is 4. The number of benzene rings is 2. The molecule has 1 aliphatic rings. The first kappa shape index (κ1) is 21.3. The first-order valence-electron chi connectivity index (χ1n) is 11.9. The second-order valence-electron chi connectivity index (χ2n) is 9.01. The molecule has 33 heavy (non-hydrogen) atoms. The molecule has 2 aromatic heterocycles. The molecule has 0 bridgehead atoms. The van der Waals surface area contributed by atoms with Crippen LogP contribution in [0, 0.1) is 13.8 Å². The molecule has 6 heteroatoms. The van der Waals surface area contributed by atoms with Crippen molar-refractivity contribution >= 4 is 34.2 Å². The molecule has 3 heterocycles. The number of piperidine rings is 1. The van der Waals surface area contributed by atoms with Gasteiger partial charge in [-0.1, -0.05) is 29.3 Å². The first-order valence-corrected chi connectivity index (χ1v) is 11.9. The first-order chi connectivity index (χ1) is 16.1. The van der Waals surface area contributed by atoms with E-state index in [0.717, 1.165) is 43.4 Å². The zero-order valence-corrected chi connectivity index (χ0v) is 19.5. The second kappa shape index (κ2) is 9.53. The lowest BCUT2D eigenvalue weighted by Crippen LogP contribution is -2.30. The molecule has 0 aliphatic carbocycles. The lowest BCUT2D eigenvalue weighted by molar-refractivity contribution is 0.573. The fraction of sp³-hybridized carbons (Fsp3) is 0.333. The van der Waals surface area contributed by atoms with Gasteiger partial charge in [0.1, 0.15) is 11.6 Å². The van der Waals surface area contributed by atoms with Crippen molar-refractivity contribution in [1.29, 1.82) is 0 Å². The summed E-state index contributed by atoms with van der Waals surface area (Å²) in [6, 6.07) is 17.0. The number of rotatable bonds is 7. The Hall–Kier alpha value is -3.54. The average Bonchev–Trinajstić information content (AvgIpc) is 3.23. The minimum Gasteiger partial charge on any atom is -0.361 e. The number of H-pyrrole nitrogens is 1. The average molecular weight is 441 g/mol. The molecule has 2 aromatic carbocycles. The molecule has 1 fully saturated rings. The number of fused-ring (bicyclic) bond motifs is 1. The van der Waals surface area contributed by atoms with E-state index in [2.05, 4.69) is 89.1 Å². The standard InChI is InChI=1S/C27H32N6/c1-19-6-9-22(10-7-19)30-25-17-26(33-14-4-3-5-15-33)32-27(31-25)28-13-12-21-18-29-24-11-8-20(2)16-23(21)24/h6-11,16-18,29H,3-5,12-15H2,1-2H3,(H2,28,30,31,32). The van der Waals surface area contributed by atoms with Crippen molar-refractivity contribution in [3.05, 3.63) is 71.4 Å². The molecule has 0 saturated carbocycles. The third-order valence-electron chi connectivity index (χ3n) is 6.32. The quantitative estimate of drug-likeness (QED) is 0.331. The normalized spacial score (nSPS) is 13.9. The summed E-state index contributed by atoms with van der Waals surface area (Å²) in [5.74, 6) is 2.48. The molecule has 6 nitrogen and oxygen atoms in total. The van der Waals surface area contributed by atoms with Gasteiger partial charge in [0.2, 0.25) is 5.95 Å². The van der Waals surface area contributed by atoms with Crippen LogP contribution in [0.5, 0.6) is 0 Å². The zero-order valence-electron chi connectivity index (χ0n) is 19.5. The number of aryl methyl sites for hydroxylation is 2. The summed E-state index contributed by atoms with van der Waals surface area (Å²) < 4.78 is 0. The van der Waals surface area contributed by atoms with Crippen LogP contribution in [-0.4, -0.2) is 34.6 Å². The third-order valence-corrected chi connectivity index (χ3v) is 6.32. The van der Waals surface area contributed by atoms with Crippen molar-refractivity contribution in [2.24, 2.45) is 0 Å². The van der Waals surface area contributed by atoms with Crippen molar-refractivity contribution in [2.45, 2.75) is 39.5 Å². The van der Waals surface area contributed by atoms with Crippen LogP contribution in [0.25, 0.3) is 10.9 Å². The topological polar surface area (TPSA) is 68.9 Å². The number of hydrogen-bond acceptors (Lipinski definition) is 5. The number of hydrogen-bond donors (Lipinski definition) is 3. The van der Waals surface area contributed by atoms with Crippen LogP contribution in [0.3, 0.4) is 0 Å². The monoisotopic (exact) mass is 440 g/mol. The summed E-state index contributed by atoms with van der Waals surface area (Å²) in [5, 5.41) is 8.23. The van der Waals surface area contributed by atoms with E-state index in [1.54, 1.807) is 0 Å². The van der Waals surface area contributed by atoms with Crippen LogP contribution in [0.1, 0.15) is 36.0 Å². The molecule has 5 rings (SSSR count). The molecule has 170 valence electrons. The summed E-state index contributed by atoms with van der Waals surface area (Å²) in [5.41, 5.74) is 6.05.